The lowest BCUT2D eigenvalue weighted by atomic mass is 10.2. The number of hydrogen-bond acceptors (Lipinski definition) is 3. The van der Waals surface area contributed by atoms with Crippen LogP contribution in [0.15, 0.2) is 41.7 Å². The van der Waals surface area contributed by atoms with Crippen LogP contribution in [0.2, 0.25) is 0 Å². The van der Waals surface area contributed by atoms with Gasteiger partial charge >= 0.3 is 6.18 Å². The van der Waals surface area contributed by atoms with Gasteiger partial charge in [-0.2, -0.15) is 13.2 Å². The lowest BCUT2D eigenvalue weighted by Gasteiger charge is -2.14. The fourth-order valence-corrected chi connectivity index (χ4v) is 3.39. The Morgan fingerprint density at radius 1 is 1.19 bits per heavy atom. The van der Waals surface area contributed by atoms with E-state index in [2.05, 4.69) is 4.98 Å². The number of nitrogens with zero attached hydrogens (tertiary/aromatic N) is 3. The third kappa shape index (κ3) is 6.09. The molecule has 0 bridgehead atoms. The van der Waals surface area contributed by atoms with Crippen LogP contribution in [0.5, 0.6) is 0 Å². The normalized spacial score (nSPS) is 11.6. The first-order valence-electron chi connectivity index (χ1n) is 8.28. The maximum atomic E-state index is 13.0. The molecule has 1 aromatic heterocycles. The van der Waals surface area contributed by atoms with Crippen molar-refractivity contribution in [3.8, 4) is 11.3 Å². The molecule has 4 nitrogen and oxygen atoms in total. The molecule has 2 rings (SSSR count). The number of rotatable bonds is 8. The number of unbranched alkanes of at least 4 members (excludes halogenated alkanes) is 1. The standard InChI is InChI=1S/C18H22F3N3OS/c1-23(2)16(25)10-6-7-11-26-17-22-12-15(14-8-4-3-5-9-14)24(17)13-18(19,20)21/h3-5,8-9,12H,6-7,10-11,13H2,1-2H3. The van der Waals surface area contributed by atoms with E-state index in [9.17, 15) is 18.0 Å². The van der Waals surface area contributed by atoms with E-state index in [-0.39, 0.29) is 5.91 Å². The Hall–Kier alpha value is -1.96. The summed E-state index contributed by atoms with van der Waals surface area (Å²) in [4.78, 5) is 17.3. The quantitative estimate of drug-likeness (QED) is 0.497. The van der Waals surface area contributed by atoms with Crippen LogP contribution in [-0.4, -0.2) is 46.4 Å². The minimum absolute atomic E-state index is 0.0555. The zero-order valence-corrected chi connectivity index (χ0v) is 15.6. The van der Waals surface area contributed by atoms with Crippen LogP contribution < -0.4 is 0 Å². The van der Waals surface area contributed by atoms with Gasteiger partial charge in [-0.15, -0.1) is 0 Å². The number of hydrogen-bond donors (Lipinski definition) is 0. The molecule has 142 valence electrons. The summed E-state index contributed by atoms with van der Waals surface area (Å²) in [5, 5.41) is 0.347. The van der Waals surface area contributed by atoms with Crippen molar-refractivity contribution in [2.75, 3.05) is 19.8 Å². The second-order valence-corrected chi connectivity index (χ2v) is 7.15. The summed E-state index contributed by atoms with van der Waals surface area (Å²) in [5.41, 5.74) is 1.15. The molecule has 1 amide bonds. The number of thioether (sulfide) groups is 1. The van der Waals surface area contributed by atoms with Crippen LogP contribution in [0.3, 0.4) is 0 Å². The molecule has 0 aliphatic carbocycles. The Morgan fingerprint density at radius 2 is 1.88 bits per heavy atom. The highest BCUT2D eigenvalue weighted by Crippen LogP contribution is 2.30. The second-order valence-electron chi connectivity index (χ2n) is 6.09. The van der Waals surface area contributed by atoms with Gasteiger partial charge in [0.25, 0.3) is 0 Å². The minimum atomic E-state index is -4.32. The largest absolute Gasteiger partial charge is 0.406 e. The van der Waals surface area contributed by atoms with Crippen molar-refractivity contribution in [3.63, 3.8) is 0 Å². The maximum absolute atomic E-state index is 13.0. The van der Waals surface area contributed by atoms with Crippen molar-refractivity contribution in [3.05, 3.63) is 36.5 Å². The first kappa shape index (κ1) is 20.4. The predicted octanol–water partition coefficient (Wildman–Crippen LogP) is 4.46. The van der Waals surface area contributed by atoms with Crippen LogP contribution in [-0.2, 0) is 11.3 Å². The fraction of sp³-hybridized carbons (Fsp3) is 0.444. The van der Waals surface area contributed by atoms with Crippen molar-refractivity contribution >= 4 is 17.7 Å². The van der Waals surface area contributed by atoms with E-state index in [0.717, 1.165) is 6.42 Å². The van der Waals surface area contributed by atoms with E-state index in [1.165, 1.54) is 27.4 Å². The minimum Gasteiger partial charge on any atom is -0.349 e. The maximum Gasteiger partial charge on any atom is 0.406 e. The molecule has 1 heterocycles. The molecule has 0 saturated heterocycles. The highest BCUT2D eigenvalue weighted by Gasteiger charge is 2.30. The molecule has 0 N–H and O–H groups in total. The third-order valence-corrected chi connectivity index (χ3v) is 4.82. The molecule has 0 aliphatic heterocycles. The van der Waals surface area contributed by atoms with Crippen LogP contribution in [0, 0.1) is 0 Å². The van der Waals surface area contributed by atoms with Gasteiger partial charge in [0.1, 0.15) is 6.54 Å². The Bertz CT molecular complexity index is 714. The average molecular weight is 385 g/mol. The van der Waals surface area contributed by atoms with Crippen molar-refractivity contribution in [1.29, 1.82) is 0 Å². The van der Waals surface area contributed by atoms with Gasteiger partial charge in [0.05, 0.1) is 11.9 Å². The number of aromatic nitrogens is 2. The molecule has 8 heteroatoms. The fourth-order valence-electron chi connectivity index (χ4n) is 2.41. The van der Waals surface area contributed by atoms with Crippen molar-refractivity contribution in [2.24, 2.45) is 0 Å². The molecule has 1 aromatic carbocycles. The van der Waals surface area contributed by atoms with Gasteiger partial charge in [0.2, 0.25) is 5.91 Å². The van der Waals surface area contributed by atoms with E-state index >= 15 is 0 Å². The van der Waals surface area contributed by atoms with Gasteiger partial charge in [-0.05, 0) is 18.4 Å². The third-order valence-electron chi connectivity index (χ3n) is 3.74. The molecule has 0 aliphatic rings. The first-order chi connectivity index (χ1) is 12.3. The first-order valence-corrected chi connectivity index (χ1v) is 9.27. The highest BCUT2D eigenvalue weighted by atomic mass is 32.2. The number of alkyl halides is 3. The SMILES string of the molecule is CN(C)C(=O)CCCCSc1ncc(-c2ccccc2)n1CC(F)(F)F. The van der Waals surface area contributed by atoms with Gasteiger partial charge in [0, 0.05) is 26.3 Å². The summed E-state index contributed by atoms with van der Waals surface area (Å²) >= 11 is 1.29. The lowest BCUT2D eigenvalue weighted by Crippen LogP contribution is -2.21. The van der Waals surface area contributed by atoms with E-state index in [1.807, 2.05) is 6.07 Å². The molecule has 0 spiro atoms. The molecule has 26 heavy (non-hydrogen) atoms. The van der Waals surface area contributed by atoms with Gasteiger partial charge in [0.15, 0.2) is 5.16 Å². The van der Waals surface area contributed by atoms with Crippen molar-refractivity contribution in [1.82, 2.24) is 14.5 Å². The average Bonchev–Trinajstić information content (AvgIpc) is 2.96. The van der Waals surface area contributed by atoms with Gasteiger partial charge in [-0.1, -0.05) is 42.1 Å². The lowest BCUT2D eigenvalue weighted by molar-refractivity contribution is -0.141. The Morgan fingerprint density at radius 3 is 2.50 bits per heavy atom. The second kappa shape index (κ2) is 9.12. The molecule has 0 radical (unpaired) electrons. The molecular formula is C18H22F3N3OS. The van der Waals surface area contributed by atoms with Crippen LogP contribution in [0.4, 0.5) is 13.2 Å². The van der Waals surface area contributed by atoms with Crippen LogP contribution in [0.1, 0.15) is 19.3 Å². The summed E-state index contributed by atoms with van der Waals surface area (Å²) in [5.74, 6) is 0.670. The molecule has 0 atom stereocenters. The summed E-state index contributed by atoms with van der Waals surface area (Å²) in [7, 11) is 3.41. The van der Waals surface area contributed by atoms with Gasteiger partial charge in [-0.3, -0.25) is 4.79 Å². The summed E-state index contributed by atoms with van der Waals surface area (Å²) in [6.07, 6.45) is -0.949. The van der Waals surface area contributed by atoms with Gasteiger partial charge in [-0.25, -0.2) is 4.98 Å². The topological polar surface area (TPSA) is 38.1 Å². The smallest absolute Gasteiger partial charge is 0.349 e. The van der Waals surface area contributed by atoms with Crippen LogP contribution in [0.25, 0.3) is 11.3 Å². The number of carbonyl (C=O) groups is 1. The molecule has 2 aromatic rings. The monoisotopic (exact) mass is 385 g/mol. The molecule has 0 saturated carbocycles. The van der Waals surface area contributed by atoms with E-state index in [0.29, 0.717) is 35.0 Å². The number of amides is 1. The van der Waals surface area contributed by atoms with Crippen LogP contribution >= 0.6 is 11.8 Å². The Labute approximate surface area is 155 Å². The summed E-state index contributed by atoms with van der Waals surface area (Å²) < 4.78 is 40.2. The van der Waals surface area contributed by atoms with E-state index in [4.69, 9.17) is 0 Å². The zero-order chi connectivity index (χ0) is 19.2. The van der Waals surface area contributed by atoms with E-state index < -0.39 is 12.7 Å². The van der Waals surface area contributed by atoms with Crippen molar-refractivity contribution in [2.45, 2.75) is 37.1 Å². The highest BCUT2D eigenvalue weighted by molar-refractivity contribution is 7.99. The predicted molar refractivity (Wildman–Crippen MR) is 97.0 cm³/mol. The number of halogens is 3. The zero-order valence-electron chi connectivity index (χ0n) is 14.8. The number of carbonyl (C=O) groups excluding carboxylic acids is 1. The summed E-state index contributed by atoms with van der Waals surface area (Å²) in [6, 6.07) is 8.93. The van der Waals surface area contributed by atoms with E-state index in [1.54, 1.807) is 38.4 Å². The Balaban J connectivity index is 2.04. The number of imidazole rings is 1. The number of benzene rings is 1. The Kier molecular flexibility index (Phi) is 7.14. The molecule has 0 unspecified atom stereocenters. The van der Waals surface area contributed by atoms with Crippen molar-refractivity contribution < 1.29 is 18.0 Å². The molecule has 0 fully saturated rings. The summed E-state index contributed by atoms with van der Waals surface area (Å²) in [6.45, 7) is -1.07. The molecular weight excluding hydrogens is 363 g/mol. The van der Waals surface area contributed by atoms with Gasteiger partial charge < -0.3 is 9.47 Å².